The Morgan fingerprint density at radius 1 is 1.23 bits per heavy atom. The summed E-state index contributed by atoms with van der Waals surface area (Å²) in [4.78, 5) is 14.9. The number of hydrogen-bond donors (Lipinski definition) is 1. The maximum atomic E-state index is 12.6. The van der Waals surface area contributed by atoms with Crippen LogP contribution in [-0.4, -0.2) is 67.2 Å². The Morgan fingerprint density at radius 2 is 2.06 bits per heavy atom. The van der Waals surface area contributed by atoms with Crippen molar-refractivity contribution >= 4 is 11.7 Å². The van der Waals surface area contributed by atoms with E-state index in [1.807, 2.05) is 29.1 Å². The number of fused-ring (bicyclic) bond motifs is 1. The molecule has 8 heteroatoms. The van der Waals surface area contributed by atoms with E-state index in [1.54, 1.807) is 7.11 Å². The Labute approximate surface area is 182 Å². The highest BCUT2D eigenvalue weighted by molar-refractivity contribution is 5.94. The van der Waals surface area contributed by atoms with Crippen molar-refractivity contribution in [1.29, 1.82) is 0 Å². The number of ether oxygens (including phenoxy) is 3. The van der Waals surface area contributed by atoms with Gasteiger partial charge in [0.25, 0.3) is 0 Å². The van der Waals surface area contributed by atoms with E-state index >= 15 is 0 Å². The summed E-state index contributed by atoms with van der Waals surface area (Å²) in [5.41, 5.74) is 2.02. The molecule has 166 valence electrons. The van der Waals surface area contributed by atoms with E-state index in [2.05, 4.69) is 15.3 Å². The minimum absolute atomic E-state index is 0.0112. The fraction of sp³-hybridized carbons (Fsp3) is 0.565. The minimum atomic E-state index is -0.106. The number of carbonyl (C=O) groups is 1. The maximum Gasteiger partial charge on any atom is 0.226 e. The lowest BCUT2D eigenvalue weighted by Gasteiger charge is -2.28. The van der Waals surface area contributed by atoms with Gasteiger partial charge in [0.05, 0.1) is 26.5 Å². The normalized spacial score (nSPS) is 21.5. The van der Waals surface area contributed by atoms with Crippen molar-refractivity contribution in [3.05, 3.63) is 35.5 Å². The van der Waals surface area contributed by atoms with Crippen LogP contribution in [0.1, 0.15) is 36.3 Å². The molecule has 0 bridgehead atoms. The molecule has 1 amide bonds. The number of nitrogens with one attached hydrogen (secondary N) is 1. The number of benzene rings is 1. The second-order valence-corrected chi connectivity index (χ2v) is 8.56. The smallest absolute Gasteiger partial charge is 0.226 e. The highest BCUT2D eigenvalue weighted by atomic mass is 16.5. The zero-order valence-corrected chi connectivity index (χ0v) is 18.0. The number of rotatable bonds is 8. The van der Waals surface area contributed by atoms with E-state index < -0.39 is 0 Å². The zero-order chi connectivity index (χ0) is 21.2. The Kier molecular flexibility index (Phi) is 5.82. The predicted octanol–water partition coefficient (Wildman–Crippen LogP) is 2.49. The summed E-state index contributed by atoms with van der Waals surface area (Å²) in [6.07, 6.45) is 4.75. The van der Waals surface area contributed by atoms with E-state index in [0.29, 0.717) is 24.7 Å². The van der Waals surface area contributed by atoms with Crippen molar-refractivity contribution in [2.24, 2.45) is 5.92 Å². The number of morpholine rings is 1. The molecule has 0 radical (unpaired) electrons. The van der Waals surface area contributed by atoms with E-state index in [1.165, 1.54) is 12.8 Å². The van der Waals surface area contributed by atoms with Crippen molar-refractivity contribution < 1.29 is 19.0 Å². The first kappa shape index (κ1) is 20.3. The number of aromatic nitrogens is 2. The second kappa shape index (κ2) is 8.88. The molecule has 2 fully saturated rings. The van der Waals surface area contributed by atoms with Gasteiger partial charge in [-0.15, -0.1) is 0 Å². The number of amides is 1. The third-order valence-electron chi connectivity index (χ3n) is 6.38. The zero-order valence-electron chi connectivity index (χ0n) is 18.0. The first-order valence-electron chi connectivity index (χ1n) is 11.2. The second-order valence-electron chi connectivity index (χ2n) is 8.56. The molecule has 1 N–H and O–H groups in total. The molecule has 1 saturated carbocycles. The number of anilines is 1. The van der Waals surface area contributed by atoms with Gasteiger partial charge < -0.3 is 19.5 Å². The third-order valence-corrected chi connectivity index (χ3v) is 6.38. The van der Waals surface area contributed by atoms with Crippen LogP contribution in [0.25, 0.3) is 0 Å². The topological polar surface area (TPSA) is 77.8 Å². The van der Waals surface area contributed by atoms with Gasteiger partial charge in [0, 0.05) is 49.6 Å². The van der Waals surface area contributed by atoms with Crippen LogP contribution >= 0.6 is 0 Å². The summed E-state index contributed by atoms with van der Waals surface area (Å²) in [5.74, 6) is 2.82. The van der Waals surface area contributed by atoms with E-state index in [4.69, 9.17) is 14.2 Å². The maximum absolute atomic E-state index is 12.6. The van der Waals surface area contributed by atoms with E-state index in [9.17, 15) is 4.79 Å². The Hall–Kier alpha value is -2.58. The molecule has 1 saturated heterocycles. The van der Waals surface area contributed by atoms with Crippen LogP contribution in [0.5, 0.6) is 11.5 Å². The number of hydrogen-bond acceptors (Lipinski definition) is 6. The molecule has 1 aromatic heterocycles. The van der Waals surface area contributed by atoms with Gasteiger partial charge in [0.2, 0.25) is 5.91 Å². The molecule has 2 aliphatic heterocycles. The highest BCUT2D eigenvalue weighted by Gasteiger charge is 2.34. The lowest BCUT2D eigenvalue weighted by Crippen LogP contribution is -2.38. The SMILES string of the molecule is COc1cccc(C2CC(=O)Nc3c2cnn3CC2CC2)c1OCCN1CCOCC1. The van der Waals surface area contributed by atoms with Crippen LogP contribution < -0.4 is 14.8 Å². The van der Waals surface area contributed by atoms with Crippen molar-refractivity contribution in [1.82, 2.24) is 14.7 Å². The molecular formula is C23H30N4O4. The van der Waals surface area contributed by atoms with Crippen LogP contribution in [-0.2, 0) is 16.1 Å². The van der Waals surface area contributed by atoms with Crippen LogP contribution in [0.3, 0.4) is 0 Å². The Balaban J connectivity index is 1.40. The summed E-state index contributed by atoms with van der Waals surface area (Å²) in [7, 11) is 1.65. The summed E-state index contributed by atoms with van der Waals surface area (Å²) in [6.45, 7) is 5.64. The van der Waals surface area contributed by atoms with Crippen LogP contribution in [0.15, 0.2) is 24.4 Å². The largest absolute Gasteiger partial charge is 0.493 e. The monoisotopic (exact) mass is 426 g/mol. The molecule has 31 heavy (non-hydrogen) atoms. The first-order valence-corrected chi connectivity index (χ1v) is 11.2. The molecular weight excluding hydrogens is 396 g/mol. The van der Waals surface area contributed by atoms with Crippen molar-refractivity contribution in [2.45, 2.75) is 31.7 Å². The van der Waals surface area contributed by atoms with Crippen molar-refractivity contribution in [3.8, 4) is 11.5 Å². The summed E-state index contributed by atoms with van der Waals surface area (Å²) in [6, 6.07) is 5.91. The van der Waals surface area contributed by atoms with E-state index in [0.717, 1.165) is 62.1 Å². The van der Waals surface area contributed by atoms with Crippen LogP contribution in [0.2, 0.25) is 0 Å². The van der Waals surface area contributed by atoms with Gasteiger partial charge in [-0.1, -0.05) is 12.1 Å². The summed E-state index contributed by atoms with van der Waals surface area (Å²) in [5, 5.41) is 7.64. The van der Waals surface area contributed by atoms with E-state index in [-0.39, 0.29) is 11.8 Å². The van der Waals surface area contributed by atoms with Crippen molar-refractivity contribution in [3.63, 3.8) is 0 Å². The lowest BCUT2D eigenvalue weighted by atomic mass is 9.86. The molecule has 1 atom stereocenters. The fourth-order valence-corrected chi connectivity index (χ4v) is 4.45. The fourth-order valence-electron chi connectivity index (χ4n) is 4.45. The molecule has 3 aliphatic rings. The van der Waals surface area contributed by atoms with Gasteiger partial charge in [0.1, 0.15) is 12.4 Å². The van der Waals surface area contributed by atoms with Gasteiger partial charge in [0.15, 0.2) is 11.5 Å². The predicted molar refractivity (Wildman–Crippen MR) is 116 cm³/mol. The standard InChI is InChI=1S/C23H30N4O4/c1-29-20-4-2-3-17(22(20)31-12-9-26-7-10-30-11-8-26)18-13-21(28)25-23-19(18)14-24-27(23)15-16-5-6-16/h2-4,14,16,18H,5-13,15H2,1H3,(H,25,28). The number of methoxy groups -OCH3 is 1. The summed E-state index contributed by atoms with van der Waals surface area (Å²) >= 11 is 0. The minimum Gasteiger partial charge on any atom is -0.493 e. The number of nitrogens with zero attached hydrogens (tertiary/aromatic N) is 3. The summed E-state index contributed by atoms with van der Waals surface area (Å²) < 4.78 is 19.3. The number of para-hydroxylation sites is 1. The van der Waals surface area contributed by atoms with Gasteiger partial charge in [-0.2, -0.15) is 5.10 Å². The molecule has 1 aliphatic carbocycles. The molecule has 2 aromatic rings. The quantitative estimate of drug-likeness (QED) is 0.699. The van der Waals surface area contributed by atoms with Crippen molar-refractivity contribution in [2.75, 3.05) is 51.9 Å². The average Bonchev–Trinajstić information content (AvgIpc) is 3.53. The molecule has 8 nitrogen and oxygen atoms in total. The molecule has 1 aromatic carbocycles. The molecule has 1 unspecified atom stereocenters. The first-order chi connectivity index (χ1) is 15.2. The molecule has 3 heterocycles. The Bertz CT molecular complexity index is 934. The lowest BCUT2D eigenvalue weighted by molar-refractivity contribution is -0.116. The van der Waals surface area contributed by atoms with Crippen LogP contribution in [0, 0.1) is 5.92 Å². The van der Waals surface area contributed by atoms with Gasteiger partial charge >= 0.3 is 0 Å². The van der Waals surface area contributed by atoms with Gasteiger partial charge in [-0.25, -0.2) is 4.68 Å². The number of carbonyl (C=O) groups excluding carboxylic acids is 1. The van der Waals surface area contributed by atoms with Crippen LogP contribution in [0.4, 0.5) is 5.82 Å². The molecule has 5 rings (SSSR count). The van der Waals surface area contributed by atoms with Gasteiger partial charge in [-0.3, -0.25) is 9.69 Å². The van der Waals surface area contributed by atoms with Gasteiger partial charge in [-0.05, 0) is 24.8 Å². The Morgan fingerprint density at radius 3 is 2.84 bits per heavy atom. The third kappa shape index (κ3) is 4.41. The average molecular weight is 427 g/mol. The molecule has 0 spiro atoms. The highest BCUT2D eigenvalue weighted by Crippen LogP contribution is 2.44.